The molecule has 0 heterocycles. The summed E-state index contributed by atoms with van der Waals surface area (Å²) >= 11 is 0. The Kier molecular flexibility index (Phi) is 3.82. The molecule has 1 amide bonds. The minimum absolute atomic E-state index is 0.178. The summed E-state index contributed by atoms with van der Waals surface area (Å²) in [7, 11) is 1.85. The first kappa shape index (κ1) is 10.2. The number of carbonyl (C=O) groups is 1. The van der Waals surface area contributed by atoms with Crippen molar-refractivity contribution in [1.82, 2.24) is 4.90 Å². The average Bonchev–Trinajstić information content (AvgIpc) is 2.00. The van der Waals surface area contributed by atoms with Crippen LogP contribution in [0.2, 0.25) is 0 Å². The lowest BCUT2D eigenvalue weighted by Gasteiger charge is -2.26. The molecule has 2 atom stereocenters. The molecule has 0 aromatic carbocycles. The van der Waals surface area contributed by atoms with Gasteiger partial charge < -0.3 is 5.73 Å². The Hall–Kier alpha value is -0.830. The fraction of sp³-hybridized carbons (Fsp3) is 0.625. The number of nitrogens with two attached hydrogens (primary N) is 1. The van der Waals surface area contributed by atoms with Gasteiger partial charge in [0, 0.05) is 6.04 Å². The molecule has 0 aliphatic rings. The van der Waals surface area contributed by atoms with Gasteiger partial charge in [-0.3, -0.25) is 9.69 Å². The van der Waals surface area contributed by atoms with Crippen LogP contribution in [0.1, 0.15) is 13.8 Å². The maximum absolute atomic E-state index is 10.7. The molecular formula is C8H16N2O. The van der Waals surface area contributed by atoms with E-state index in [1.807, 2.05) is 18.9 Å². The number of amides is 1. The second-order valence-corrected chi connectivity index (χ2v) is 2.72. The smallest absolute Gasteiger partial charge is 0.234 e. The number of hydrogen-bond acceptors (Lipinski definition) is 2. The Morgan fingerprint density at radius 2 is 2.09 bits per heavy atom. The van der Waals surface area contributed by atoms with Gasteiger partial charge in [-0.05, 0) is 20.9 Å². The Balaban J connectivity index is 4.11. The third-order valence-corrected chi connectivity index (χ3v) is 2.01. The molecule has 0 rings (SSSR count). The van der Waals surface area contributed by atoms with Gasteiger partial charge >= 0.3 is 0 Å². The van der Waals surface area contributed by atoms with Gasteiger partial charge in [-0.1, -0.05) is 6.08 Å². The minimum atomic E-state index is -0.304. The zero-order valence-electron chi connectivity index (χ0n) is 7.37. The van der Waals surface area contributed by atoms with E-state index >= 15 is 0 Å². The Morgan fingerprint density at radius 1 is 1.64 bits per heavy atom. The van der Waals surface area contributed by atoms with Crippen molar-refractivity contribution < 1.29 is 4.79 Å². The van der Waals surface area contributed by atoms with E-state index in [4.69, 9.17) is 5.73 Å². The summed E-state index contributed by atoms with van der Waals surface area (Å²) in [5.41, 5.74) is 5.11. The van der Waals surface area contributed by atoms with Crippen molar-refractivity contribution in [2.24, 2.45) is 5.73 Å². The van der Waals surface area contributed by atoms with Crippen LogP contribution in [0.25, 0.3) is 0 Å². The molecule has 0 aliphatic heterocycles. The number of nitrogens with zero attached hydrogens (tertiary/aromatic N) is 1. The quantitative estimate of drug-likeness (QED) is 0.598. The summed E-state index contributed by atoms with van der Waals surface area (Å²) in [4.78, 5) is 12.6. The molecule has 0 spiro atoms. The molecule has 64 valence electrons. The average molecular weight is 156 g/mol. The molecule has 0 saturated heterocycles. The van der Waals surface area contributed by atoms with Crippen molar-refractivity contribution in [3.8, 4) is 0 Å². The van der Waals surface area contributed by atoms with Crippen LogP contribution in [0.4, 0.5) is 0 Å². The van der Waals surface area contributed by atoms with Crippen molar-refractivity contribution in [1.29, 1.82) is 0 Å². The number of likely N-dealkylation sites (N-methyl/N-ethyl adjacent to an activating group) is 1. The normalized spacial score (nSPS) is 16.0. The fourth-order valence-corrected chi connectivity index (χ4v) is 0.720. The summed E-state index contributed by atoms with van der Waals surface area (Å²) in [5.74, 6) is -0.304. The Morgan fingerprint density at radius 3 is 2.36 bits per heavy atom. The van der Waals surface area contributed by atoms with Gasteiger partial charge in [-0.15, -0.1) is 6.58 Å². The van der Waals surface area contributed by atoms with Crippen LogP contribution in [-0.4, -0.2) is 29.9 Å². The number of primary amides is 1. The molecular weight excluding hydrogens is 140 g/mol. The molecule has 11 heavy (non-hydrogen) atoms. The summed E-state index contributed by atoms with van der Waals surface area (Å²) < 4.78 is 0. The Bertz CT molecular complexity index is 156. The molecule has 0 fully saturated rings. The second kappa shape index (κ2) is 4.13. The van der Waals surface area contributed by atoms with Crippen LogP contribution in [0, 0.1) is 0 Å². The zero-order valence-corrected chi connectivity index (χ0v) is 7.37. The van der Waals surface area contributed by atoms with E-state index < -0.39 is 0 Å². The van der Waals surface area contributed by atoms with E-state index in [2.05, 4.69) is 6.58 Å². The highest BCUT2D eigenvalue weighted by Crippen LogP contribution is 2.01. The highest BCUT2D eigenvalue weighted by molar-refractivity contribution is 5.79. The highest BCUT2D eigenvalue weighted by atomic mass is 16.1. The van der Waals surface area contributed by atoms with Crippen molar-refractivity contribution in [2.45, 2.75) is 25.9 Å². The van der Waals surface area contributed by atoms with Gasteiger partial charge in [0.2, 0.25) is 5.91 Å². The molecule has 0 bridgehead atoms. The van der Waals surface area contributed by atoms with Gasteiger partial charge in [0.1, 0.15) is 0 Å². The molecule has 0 radical (unpaired) electrons. The van der Waals surface area contributed by atoms with Crippen molar-refractivity contribution in [2.75, 3.05) is 7.05 Å². The number of carbonyl (C=O) groups excluding carboxylic acids is 1. The van der Waals surface area contributed by atoms with Gasteiger partial charge in [0.05, 0.1) is 6.04 Å². The minimum Gasteiger partial charge on any atom is -0.368 e. The lowest BCUT2D eigenvalue weighted by Crippen LogP contribution is -2.43. The van der Waals surface area contributed by atoms with E-state index in [-0.39, 0.29) is 18.0 Å². The summed E-state index contributed by atoms with van der Waals surface area (Å²) in [5, 5.41) is 0. The fourth-order valence-electron chi connectivity index (χ4n) is 0.720. The van der Waals surface area contributed by atoms with Crippen LogP contribution >= 0.6 is 0 Å². The maximum Gasteiger partial charge on any atom is 0.234 e. The van der Waals surface area contributed by atoms with Crippen LogP contribution in [0.15, 0.2) is 12.7 Å². The first-order valence-corrected chi connectivity index (χ1v) is 3.64. The first-order chi connectivity index (χ1) is 5.00. The van der Waals surface area contributed by atoms with Crippen LogP contribution in [0.3, 0.4) is 0 Å². The topological polar surface area (TPSA) is 46.3 Å². The van der Waals surface area contributed by atoms with Gasteiger partial charge in [0.15, 0.2) is 0 Å². The predicted octanol–water partition coefficient (Wildman–Crippen LogP) is 0.366. The lowest BCUT2D eigenvalue weighted by molar-refractivity contribution is -0.122. The molecule has 3 heteroatoms. The zero-order chi connectivity index (χ0) is 9.02. The van der Waals surface area contributed by atoms with Crippen LogP contribution in [-0.2, 0) is 4.79 Å². The predicted molar refractivity (Wildman–Crippen MR) is 46.1 cm³/mol. The SMILES string of the molecule is C=CC(C)N(C)C(C)C(N)=O. The van der Waals surface area contributed by atoms with Gasteiger partial charge in [-0.2, -0.15) is 0 Å². The number of rotatable bonds is 4. The third kappa shape index (κ3) is 2.72. The number of hydrogen-bond donors (Lipinski definition) is 1. The summed E-state index contributed by atoms with van der Waals surface area (Å²) in [6.45, 7) is 7.37. The second-order valence-electron chi connectivity index (χ2n) is 2.72. The van der Waals surface area contributed by atoms with Gasteiger partial charge in [0.25, 0.3) is 0 Å². The molecule has 3 nitrogen and oxygen atoms in total. The van der Waals surface area contributed by atoms with E-state index in [0.29, 0.717) is 0 Å². The first-order valence-electron chi connectivity index (χ1n) is 3.64. The van der Waals surface area contributed by atoms with E-state index in [9.17, 15) is 4.79 Å². The molecule has 0 aromatic rings. The third-order valence-electron chi connectivity index (χ3n) is 2.01. The van der Waals surface area contributed by atoms with Crippen molar-refractivity contribution in [3.63, 3.8) is 0 Å². The molecule has 2 N–H and O–H groups in total. The van der Waals surface area contributed by atoms with E-state index in [0.717, 1.165) is 0 Å². The summed E-state index contributed by atoms with van der Waals surface area (Å²) in [6, 6.07) is -0.0551. The standard InChI is InChI=1S/C8H16N2O/c1-5-6(2)10(4)7(3)8(9)11/h5-7H,1H2,2-4H3,(H2,9,11). The monoisotopic (exact) mass is 156 g/mol. The van der Waals surface area contributed by atoms with Crippen LogP contribution in [0.5, 0.6) is 0 Å². The van der Waals surface area contributed by atoms with E-state index in [1.165, 1.54) is 0 Å². The highest BCUT2D eigenvalue weighted by Gasteiger charge is 2.17. The van der Waals surface area contributed by atoms with Crippen molar-refractivity contribution in [3.05, 3.63) is 12.7 Å². The largest absolute Gasteiger partial charge is 0.368 e. The van der Waals surface area contributed by atoms with Crippen molar-refractivity contribution >= 4 is 5.91 Å². The molecule has 0 saturated carbocycles. The summed E-state index contributed by atoms with van der Waals surface area (Å²) in [6.07, 6.45) is 1.78. The van der Waals surface area contributed by atoms with E-state index in [1.54, 1.807) is 13.0 Å². The lowest BCUT2D eigenvalue weighted by atomic mass is 10.2. The van der Waals surface area contributed by atoms with Gasteiger partial charge in [-0.25, -0.2) is 0 Å². The Labute approximate surface area is 67.9 Å². The maximum atomic E-state index is 10.7. The molecule has 0 aromatic heterocycles. The van der Waals surface area contributed by atoms with Crippen LogP contribution < -0.4 is 5.73 Å². The molecule has 2 unspecified atom stereocenters. The molecule has 0 aliphatic carbocycles.